The van der Waals surface area contributed by atoms with E-state index in [1.165, 1.54) is 30.6 Å². The van der Waals surface area contributed by atoms with E-state index in [4.69, 9.17) is 37.0 Å². The van der Waals surface area contributed by atoms with Crippen molar-refractivity contribution in [2.24, 2.45) is 29.6 Å². The number of carbonyl (C=O) groups excluding carboxylic acids is 9. The number of aliphatic hydroxyl groups is 10. The van der Waals surface area contributed by atoms with Gasteiger partial charge in [-0.05, 0) is 127 Å². The van der Waals surface area contributed by atoms with E-state index in [9.17, 15) is 113 Å². The first-order chi connectivity index (χ1) is 59.6. The summed E-state index contributed by atoms with van der Waals surface area (Å²) in [5.74, 6) is -3.96. The second-order valence-electron chi connectivity index (χ2n) is 33.8. The Morgan fingerprint density at radius 3 is 1.03 bits per heavy atom. The zero-order valence-electron chi connectivity index (χ0n) is 74.3. The molecule has 42 heteroatoms. The molecule has 4 aliphatic rings. The van der Waals surface area contributed by atoms with Gasteiger partial charge in [0.15, 0.2) is 0 Å². The van der Waals surface area contributed by atoms with Gasteiger partial charge in [-0.3, -0.25) is 61.2 Å². The third-order valence-electron chi connectivity index (χ3n) is 23.6. The number of ether oxygens (including phenoxy) is 4. The third-order valence-corrected chi connectivity index (χ3v) is 25.5. The van der Waals surface area contributed by atoms with E-state index in [-0.39, 0.29) is 160 Å². The molecule has 125 heavy (non-hydrogen) atoms. The molecule has 0 aliphatic heterocycles. The Balaban J connectivity index is 1.27. The Hall–Kier alpha value is -5.11. The van der Waals surface area contributed by atoms with Crippen molar-refractivity contribution in [1.82, 2.24) is 46.6 Å². The number of nitrogens with one attached hydrogen (secondary N) is 6. The van der Waals surface area contributed by atoms with Crippen LogP contribution in [0.5, 0.6) is 0 Å². The Morgan fingerprint density at radius 2 is 0.696 bits per heavy atom. The molecule has 40 nitrogen and oxygen atoms in total. The normalized spacial score (nSPS) is 25.6. The van der Waals surface area contributed by atoms with E-state index in [1.807, 2.05) is 0 Å². The summed E-state index contributed by atoms with van der Waals surface area (Å²) in [5, 5.41) is 118. The molecule has 4 rings (SSSR count). The number of aliphatic hydroxyl groups excluding tert-OH is 10. The van der Waals surface area contributed by atoms with Crippen molar-refractivity contribution in [3.05, 3.63) is 0 Å². The zero-order valence-corrected chi connectivity index (χ0v) is 76.1. The molecule has 0 saturated heterocycles. The van der Waals surface area contributed by atoms with Gasteiger partial charge < -0.3 is 126 Å². The Bertz CT molecular complexity index is 3200. The largest absolute Gasteiger partial charge is 0.473 e. The number of unbranched alkanes of at least 4 members (excludes halogenated alkanes) is 12. The third kappa shape index (κ3) is 45.5. The van der Waals surface area contributed by atoms with Crippen molar-refractivity contribution in [3.63, 3.8) is 0 Å². The average Bonchev–Trinajstić information content (AvgIpc) is 1.20. The predicted molar refractivity (Wildman–Crippen MR) is 455 cm³/mol. The molecule has 0 bridgehead atoms. The lowest BCUT2D eigenvalue weighted by Gasteiger charge is -2.42. The SMILES string of the molecule is CC(=O)NC1C(OCCCCCC(=O)NCCCCCC(=O)N(CCO)CCOP(=O)(O)OCN(CCOP(=O)(O)OCN(CCOC2CCCC(C(C)C)CC2)C(=O)CCCCCNC(=O)CCCCCOC2CC(CO)C(O)C(O)C2NC(C)=O)C(=O)CCCCCNC(=O)CCCCCOC2CC(CO)C(O)C(O)C2NC(C)=O)CC(CO)C(O)C1O. The highest BCUT2D eigenvalue weighted by molar-refractivity contribution is 7.47. The minimum Gasteiger partial charge on any atom is -0.396 e. The second-order valence-corrected chi connectivity index (χ2v) is 36.7. The molecule has 0 aromatic rings. The fraction of sp³-hybridized carbons (Fsp3) is 0.892. The number of phosphoric ester groups is 2. The molecular weight excluding hydrogens is 1680 g/mol. The first kappa shape index (κ1) is 112. The summed E-state index contributed by atoms with van der Waals surface area (Å²) < 4.78 is 72.5. The number of phosphoric acid groups is 2. The van der Waals surface area contributed by atoms with Crippen molar-refractivity contribution in [3.8, 4) is 0 Å². The van der Waals surface area contributed by atoms with Gasteiger partial charge in [0.05, 0.1) is 87.3 Å². The van der Waals surface area contributed by atoms with Crippen molar-refractivity contribution < 1.29 is 150 Å². The van der Waals surface area contributed by atoms with Gasteiger partial charge in [0, 0.05) is 163 Å². The zero-order chi connectivity index (χ0) is 92.3. The van der Waals surface area contributed by atoms with Crippen molar-refractivity contribution in [1.29, 1.82) is 0 Å². The highest BCUT2D eigenvalue weighted by atomic mass is 31.2. The molecule has 726 valence electrons. The molecule has 4 saturated carbocycles. The number of rotatable bonds is 66. The summed E-state index contributed by atoms with van der Waals surface area (Å²) in [6.07, 6.45) is 5.88. The quantitative estimate of drug-likeness (QED) is 0.0179. The molecule has 18 N–H and O–H groups in total. The number of nitrogens with zero attached hydrogens (tertiary/aromatic N) is 3. The summed E-state index contributed by atoms with van der Waals surface area (Å²) >= 11 is 0. The first-order valence-corrected chi connectivity index (χ1v) is 48.3. The molecule has 0 aromatic carbocycles. The molecule has 0 radical (unpaired) electrons. The van der Waals surface area contributed by atoms with Gasteiger partial charge in [0.25, 0.3) is 0 Å². The molecule has 0 spiro atoms. The van der Waals surface area contributed by atoms with E-state index in [1.54, 1.807) is 0 Å². The molecule has 9 amide bonds. The molecule has 19 atom stereocenters. The van der Waals surface area contributed by atoms with E-state index in [0.29, 0.717) is 134 Å². The maximum Gasteiger partial charge on any atom is 0.473 e. The standard InChI is InChI=1S/C83H153N9O31P2/c1-57(2)61-25-24-26-65(34-33-61)116-46-39-91(73(104)31-16-7-19-36-85-70(101)28-13-10-22-44-118-67-50-63(53-95)79(107)82(110)76(67)88-59(4)98)55-122-125(114,115)121-48-41-92(74(105)32-17-8-20-37-86-71(102)29-14-11-23-45-119-68-51-64(54-96)80(108)83(111)77(68)89-60(5)99)56-123-124(112,113)120-47-40-90(38-42-93)72(103)30-15-6-18-35-84-69(100)27-12-9-21-43-117-66-49-62(52-94)78(106)81(109)75(66)87-58(3)97/h57,61-68,75-83,93-96,106-111H,6-56H2,1-5H3,(H,84,100)(H,85,101)(H,86,102)(H,87,97)(H,88,98)(H,89,99)(H,112,113)(H,114,115). The van der Waals surface area contributed by atoms with Crippen molar-refractivity contribution in [2.45, 2.75) is 319 Å². The van der Waals surface area contributed by atoms with Crippen LogP contribution in [-0.4, -0.2) is 333 Å². The van der Waals surface area contributed by atoms with Crippen LogP contribution >= 0.6 is 15.6 Å². The molecule has 4 aliphatic carbocycles. The van der Waals surface area contributed by atoms with E-state index >= 15 is 0 Å². The van der Waals surface area contributed by atoms with Crippen LogP contribution in [0, 0.1) is 29.6 Å². The van der Waals surface area contributed by atoms with Crippen molar-refractivity contribution in [2.75, 3.05) is 125 Å². The van der Waals surface area contributed by atoms with E-state index in [2.05, 4.69) is 45.7 Å². The first-order valence-electron chi connectivity index (χ1n) is 45.3. The topological polar surface area (TPSA) is 586 Å². The van der Waals surface area contributed by atoms with Gasteiger partial charge >= 0.3 is 15.6 Å². The fourth-order valence-corrected chi connectivity index (χ4v) is 17.4. The monoisotopic (exact) mass is 1830 g/mol. The minimum absolute atomic E-state index is 0.00216. The summed E-state index contributed by atoms with van der Waals surface area (Å²) in [4.78, 5) is 140. The highest BCUT2D eigenvalue weighted by Crippen LogP contribution is 2.45. The van der Waals surface area contributed by atoms with Crippen LogP contribution < -0.4 is 31.9 Å². The van der Waals surface area contributed by atoms with Crippen LogP contribution in [0.2, 0.25) is 0 Å². The Labute approximate surface area is 736 Å². The number of amides is 9. The fourth-order valence-electron chi connectivity index (χ4n) is 16.1. The van der Waals surface area contributed by atoms with Gasteiger partial charge in [-0.25, -0.2) is 9.13 Å². The Morgan fingerprint density at radius 1 is 0.368 bits per heavy atom. The molecule has 19 unspecified atom stereocenters. The lowest BCUT2D eigenvalue weighted by Crippen LogP contribution is -2.61. The van der Waals surface area contributed by atoms with Crippen LogP contribution in [0.4, 0.5) is 0 Å². The molecule has 0 heterocycles. The van der Waals surface area contributed by atoms with Gasteiger partial charge in [0.1, 0.15) is 31.8 Å². The van der Waals surface area contributed by atoms with Gasteiger partial charge in [-0.15, -0.1) is 0 Å². The van der Waals surface area contributed by atoms with E-state index < -0.39 is 182 Å². The summed E-state index contributed by atoms with van der Waals surface area (Å²) in [6.45, 7) is 4.95. The molecule has 0 aromatic heterocycles. The lowest BCUT2D eigenvalue weighted by molar-refractivity contribution is -0.142. The highest BCUT2D eigenvalue weighted by Gasteiger charge is 2.47. The smallest absolute Gasteiger partial charge is 0.396 e. The van der Waals surface area contributed by atoms with E-state index in [0.717, 1.165) is 37.0 Å². The summed E-state index contributed by atoms with van der Waals surface area (Å²) in [6, 6.07) is -2.56. The molecular formula is C83H153N9O31P2. The van der Waals surface area contributed by atoms with Crippen LogP contribution in [0.3, 0.4) is 0 Å². The predicted octanol–water partition coefficient (Wildman–Crippen LogP) is 1.85. The van der Waals surface area contributed by atoms with Crippen LogP contribution in [-0.2, 0) is 89.3 Å². The van der Waals surface area contributed by atoms with Gasteiger partial charge in [0.2, 0.25) is 53.2 Å². The number of hydrogen-bond acceptors (Lipinski definition) is 29. The Kier molecular flexibility index (Phi) is 56.6. The number of carbonyl (C=O) groups is 9. The average molecular weight is 1840 g/mol. The van der Waals surface area contributed by atoms with Crippen LogP contribution in [0.25, 0.3) is 0 Å². The van der Waals surface area contributed by atoms with Gasteiger partial charge in [-0.2, -0.15) is 0 Å². The van der Waals surface area contributed by atoms with Crippen LogP contribution in [0.15, 0.2) is 0 Å². The second kappa shape index (κ2) is 63.0. The maximum absolute atomic E-state index is 13.9. The van der Waals surface area contributed by atoms with Crippen molar-refractivity contribution >= 4 is 68.8 Å². The molecule has 4 fully saturated rings. The summed E-state index contributed by atoms with van der Waals surface area (Å²) in [5.41, 5.74) is 0. The summed E-state index contributed by atoms with van der Waals surface area (Å²) in [7, 11) is -10.0. The maximum atomic E-state index is 13.9. The lowest BCUT2D eigenvalue weighted by atomic mass is 9.79. The van der Waals surface area contributed by atoms with Gasteiger partial charge in [-0.1, -0.05) is 65.2 Å². The minimum atomic E-state index is -5.02. The number of hydrogen-bond donors (Lipinski definition) is 18. The van der Waals surface area contributed by atoms with Crippen LogP contribution in [0.1, 0.15) is 240 Å².